The molecule has 1 aliphatic heterocycles. The van der Waals surface area contributed by atoms with Gasteiger partial charge in [0.05, 0.1) is 29.6 Å². The second kappa shape index (κ2) is 5.09. The van der Waals surface area contributed by atoms with Crippen molar-refractivity contribution < 1.29 is 14.6 Å². The van der Waals surface area contributed by atoms with Gasteiger partial charge in [0.2, 0.25) is 0 Å². The number of carboxylic acids is 1. The minimum atomic E-state index is -1.07. The third-order valence-corrected chi connectivity index (χ3v) is 3.70. The lowest BCUT2D eigenvalue weighted by Gasteiger charge is -2.15. The molecule has 7 heteroatoms. The molecule has 0 atom stereocenters. The van der Waals surface area contributed by atoms with Crippen LogP contribution in [0.25, 0.3) is 5.69 Å². The molecule has 2 aromatic rings. The standard InChI is InChI=1S/C13H10Cl2N2O3/c14-7-1-2-11(9(15)5-7)17-10-3-4-20-6-8(10)12(16-17)13(18)19/h1-2,5H,3-4,6H2,(H,18,19). The van der Waals surface area contributed by atoms with Gasteiger partial charge in [0.25, 0.3) is 0 Å². The van der Waals surface area contributed by atoms with Gasteiger partial charge >= 0.3 is 5.97 Å². The molecule has 0 bridgehead atoms. The second-order valence-electron chi connectivity index (χ2n) is 4.39. The summed E-state index contributed by atoms with van der Waals surface area (Å²) in [5, 5.41) is 14.3. The average Bonchev–Trinajstić information content (AvgIpc) is 2.78. The van der Waals surface area contributed by atoms with E-state index < -0.39 is 5.97 Å². The molecule has 0 saturated carbocycles. The number of nitrogens with zero attached hydrogens (tertiary/aromatic N) is 2. The quantitative estimate of drug-likeness (QED) is 0.926. The lowest BCUT2D eigenvalue weighted by Crippen LogP contribution is -2.13. The molecule has 0 aliphatic carbocycles. The van der Waals surface area contributed by atoms with Gasteiger partial charge in [-0.15, -0.1) is 0 Å². The molecule has 20 heavy (non-hydrogen) atoms. The summed E-state index contributed by atoms with van der Waals surface area (Å²) < 4.78 is 6.88. The van der Waals surface area contributed by atoms with Crippen LogP contribution < -0.4 is 0 Å². The number of rotatable bonds is 2. The summed E-state index contributed by atoms with van der Waals surface area (Å²) in [6.45, 7) is 0.783. The molecule has 1 N–H and O–H groups in total. The summed E-state index contributed by atoms with van der Waals surface area (Å²) in [7, 11) is 0. The molecular formula is C13H10Cl2N2O3. The fraction of sp³-hybridized carbons (Fsp3) is 0.231. The number of hydrogen-bond donors (Lipinski definition) is 1. The molecule has 104 valence electrons. The Kier molecular flexibility index (Phi) is 3.41. The minimum absolute atomic E-state index is 0.00529. The van der Waals surface area contributed by atoms with E-state index in [0.29, 0.717) is 34.3 Å². The number of aromatic carboxylic acids is 1. The first-order valence-electron chi connectivity index (χ1n) is 5.95. The van der Waals surface area contributed by atoms with Crippen molar-refractivity contribution in [3.05, 3.63) is 45.2 Å². The highest BCUT2D eigenvalue weighted by Crippen LogP contribution is 2.29. The summed E-state index contributed by atoms with van der Waals surface area (Å²) in [6.07, 6.45) is 0.592. The molecular weight excluding hydrogens is 303 g/mol. The van der Waals surface area contributed by atoms with Crippen LogP contribution in [0.3, 0.4) is 0 Å². The predicted octanol–water partition coefficient (Wildman–Crippen LogP) is 2.95. The van der Waals surface area contributed by atoms with Crippen LogP contribution in [0.5, 0.6) is 0 Å². The Morgan fingerprint density at radius 3 is 2.90 bits per heavy atom. The van der Waals surface area contributed by atoms with Crippen molar-refractivity contribution in [2.75, 3.05) is 6.61 Å². The highest BCUT2D eigenvalue weighted by molar-refractivity contribution is 6.35. The highest BCUT2D eigenvalue weighted by Gasteiger charge is 2.26. The van der Waals surface area contributed by atoms with Crippen LogP contribution in [0.2, 0.25) is 10.0 Å². The van der Waals surface area contributed by atoms with E-state index in [9.17, 15) is 9.90 Å². The van der Waals surface area contributed by atoms with Crippen molar-refractivity contribution in [3.63, 3.8) is 0 Å². The molecule has 0 radical (unpaired) electrons. The average molecular weight is 313 g/mol. The molecule has 5 nitrogen and oxygen atoms in total. The zero-order valence-corrected chi connectivity index (χ0v) is 11.8. The Balaban J connectivity index is 2.21. The van der Waals surface area contributed by atoms with Gasteiger partial charge in [0.1, 0.15) is 0 Å². The second-order valence-corrected chi connectivity index (χ2v) is 5.23. The van der Waals surface area contributed by atoms with Crippen LogP contribution in [-0.2, 0) is 17.8 Å². The maximum atomic E-state index is 11.3. The molecule has 1 aliphatic rings. The number of halogens is 2. The van der Waals surface area contributed by atoms with Crippen LogP contribution in [0.4, 0.5) is 0 Å². The molecule has 0 fully saturated rings. The maximum Gasteiger partial charge on any atom is 0.356 e. The summed E-state index contributed by atoms with van der Waals surface area (Å²) in [4.78, 5) is 11.3. The number of aromatic nitrogens is 2. The maximum absolute atomic E-state index is 11.3. The summed E-state index contributed by atoms with van der Waals surface area (Å²) in [5.74, 6) is -1.07. The van der Waals surface area contributed by atoms with E-state index in [2.05, 4.69) is 5.10 Å². The van der Waals surface area contributed by atoms with Gasteiger partial charge in [-0.3, -0.25) is 0 Å². The Morgan fingerprint density at radius 1 is 1.40 bits per heavy atom. The van der Waals surface area contributed by atoms with E-state index in [0.717, 1.165) is 5.69 Å². The van der Waals surface area contributed by atoms with E-state index in [1.165, 1.54) is 0 Å². The fourth-order valence-corrected chi connectivity index (χ4v) is 2.75. The number of hydrogen-bond acceptors (Lipinski definition) is 3. The largest absolute Gasteiger partial charge is 0.476 e. The van der Waals surface area contributed by atoms with Gasteiger partial charge in [-0.2, -0.15) is 5.10 Å². The highest BCUT2D eigenvalue weighted by atomic mass is 35.5. The molecule has 3 rings (SSSR count). The molecule has 0 unspecified atom stereocenters. The Hall–Kier alpha value is -1.56. The molecule has 1 aromatic carbocycles. The molecule has 1 aromatic heterocycles. The number of carboxylic acid groups (broad SMARTS) is 1. The third kappa shape index (κ3) is 2.18. The zero-order chi connectivity index (χ0) is 14.3. The number of benzene rings is 1. The van der Waals surface area contributed by atoms with Gasteiger partial charge in [-0.1, -0.05) is 23.2 Å². The zero-order valence-electron chi connectivity index (χ0n) is 10.3. The monoisotopic (exact) mass is 312 g/mol. The lowest BCUT2D eigenvalue weighted by atomic mass is 10.1. The number of fused-ring (bicyclic) bond motifs is 1. The van der Waals surface area contributed by atoms with Crippen molar-refractivity contribution >= 4 is 29.2 Å². The van der Waals surface area contributed by atoms with E-state index in [4.69, 9.17) is 27.9 Å². The first-order valence-corrected chi connectivity index (χ1v) is 6.70. The first-order chi connectivity index (χ1) is 9.58. The van der Waals surface area contributed by atoms with Gasteiger partial charge in [0, 0.05) is 17.0 Å². The SMILES string of the molecule is O=C(O)c1nn(-c2ccc(Cl)cc2Cl)c2c1COCC2. The van der Waals surface area contributed by atoms with Gasteiger partial charge in [-0.05, 0) is 18.2 Å². The smallest absolute Gasteiger partial charge is 0.356 e. The topological polar surface area (TPSA) is 64.3 Å². The van der Waals surface area contributed by atoms with Gasteiger partial charge in [0.15, 0.2) is 5.69 Å². The molecule has 0 amide bonds. The summed E-state index contributed by atoms with van der Waals surface area (Å²) in [6, 6.07) is 5.02. The van der Waals surface area contributed by atoms with Crippen LogP contribution in [-0.4, -0.2) is 27.5 Å². The summed E-state index contributed by atoms with van der Waals surface area (Å²) >= 11 is 12.0. The Labute approximate surface area is 124 Å². The van der Waals surface area contributed by atoms with Crippen molar-refractivity contribution in [2.45, 2.75) is 13.0 Å². The Morgan fingerprint density at radius 2 is 2.20 bits per heavy atom. The summed E-state index contributed by atoms with van der Waals surface area (Å²) in [5.41, 5.74) is 2.04. The fourth-order valence-electron chi connectivity index (χ4n) is 2.26. The molecule has 0 saturated heterocycles. The van der Waals surface area contributed by atoms with E-state index in [1.807, 2.05) is 0 Å². The van der Waals surface area contributed by atoms with E-state index in [-0.39, 0.29) is 12.3 Å². The van der Waals surface area contributed by atoms with E-state index in [1.54, 1.807) is 22.9 Å². The lowest BCUT2D eigenvalue weighted by molar-refractivity contribution is 0.0677. The first kappa shape index (κ1) is 13.4. The third-order valence-electron chi connectivity index (χ3n) is 3.16. The van der Waals surface area contributed by atoms with Crippen molar-refractivity contribution in [1.29, 1.82) is 0 Å². The van der Waals surface area contributed by atoms with Crippen molar-refractivity contribution in [3.8, 4) is 5.69 Å². The van der Waals surface area contributed by atoms with Gasteiger partial charge in [-0.25, -0.2) is 9.48 Å². The van der Waals surface area contributed by atoms with Gasteiger partial charge < -0.3 is 9.84 Å². The van der Waals surface area contributed by atoms with E-state index >= 15 is 0 Å². The Bertz CT molecular complexity index is 697. The molecule has 2 heterocycles. The minimum Gasteiger partial charge on any atom is -0.476 e. The van der Waals surface area contributed by atoms with Crippen LogP contribution in [0.1, 0.15) is 21.7 Å². The molecule has 0 spiro atoms. The van der Waals surface area contributed by atoms with Crippen LogP contribution in [0.15, 0.2) is 18.2 Å². The van der Waals surface area contributed by atoms with Crippen molar-refractivity contribution in [1.82, 2.24) is 9.78 Å². The van der Waals surface area contributed by atoms with Crippen LogP contribution >= 0.6 is 23.2 Å². The number of ether oxygens (including phenoxy) is 1. The normalized spacial score (nSPS) is 14.1. The number of carbonyl (C=O) groups is 1. The predicted molar refractivity (Wildman–Crippen MR) is 73.9 cm³/mol. The van der Waals surface area contributed by atoms with Crippen LogP contribution in [0, 0.1) is 0 Å². The van der Waals surface area contributed by atoms with Crippen molar-refractivity contribution in [2.24, 2.45) is 0 Å².